The Bertz CT molecular complexity index is 981. The molecule has 0 saturated heterocycles. The first-order chi connectivity index (χ1) is 12.0. The molecule has 0 atom stereocenters. The molecule has 2 aromatic heterocycles. The molecule has 3 aromatic rings. The minimum absolute atomic E-state index is 0.0611. The van der Waals surface area contributed by atoms with E-state index in [9.17, 15) is 4.79 Å². The van der Waals surface area contributed by atoms with Gasteiger partial charge in [0.05, 0.1) is 17.6 Å². The Morgan fingerprint density at radius 3 is 2.92 bits per heavy atom. The van der Waals surface area contributed by atoms with Gasteiger partial charge in [-0.2, -0.15) is 15.0 Å². The van der Waals surface area contributed by atoms with E-state index in [-0.39, 0.29) is 23.0 Å². The lowest BCUT2D eigenvalue weighted by atomic mass is 10.1. The van der Waals surface area contributed by atoms with Crippen molar-refractivity contribution in [1.82, 2.24) is 19.3 Å². The number of imidazole rings is 1. The van der Waals surface area contributed by atoms with Gasteiger partial charge in [0.15, 0.2) is 5.16 Å². The molecule has 0 radical (unpaired) electrons. The van der Waals surface area contributed by atoms with Crippen molar-refractivity contribution < 1.29 is 4.79 Å². The third kappa shape index (κ3) is 3.27. The summed E-state index contributed by atoms with van der Waals surface area (Å²) in [5.74, 6) is -0.135. The van der Waals surface area contributed by atoms with Crippen LogP contribution in [0.4, 0.5) is 5.82 Å². The predicted octanol–water partition coefficient (Wildman–Crippen LogP) is 2.57. The number of aryl methyl sites for hydroxylation is 2. The largest absolute Gasteiger partial charge is 0.382 e. The summed E-state index contributed by atoms with van der Waals surface area (Å²) in [6.45, 7) is 4.06. The van der Waals surface area contributed by atoms with Crippen molar-refractivity contribution in [2.24, 2.45) is 0 Å². The molecular formula is C17H16N6OS. The van der Waals surface area contributed by atoms with Crippen molar-refractivity contribution in [2.45, 2.75) is 19.0 Å². The Labute approximate surface area is 149 Å². The van der Waals surface area contributed by atoms with Gasteiger partial charge in [0, 0.05) is 12.4 Å². The Morgan fingerprint density at radius 2 is 2.20 bits per heavy atom. The zero-order valence-electron chi connectivity index (χ0n) is 13.8. The minimum atomic E-state index is -0.306. The molecule has 0 amide bonds. The van der Waals surface area contributed by atoms with Crippen molar-refractivity contribution in [3.8, 4) is 11.8 Å². The van der Waals surface area contributed by atoms with Gasteiger partial charge < -0.3 is 5.73 Å². The van der Waals surface area contributed by atoms with Crippen molar-refractivity contribution in [2.75, 3.05) is 11.5 Å². The molecule has 0 aliphatic rings. The highest BCUT2D eigenvalue weighted by atomic mass is 32.2. The highest BCUT2D eigenvalue weighted by Gasteiger charge is 2.16. The van der Waals surface area contributed by atoms with Gasteiger partial charge in [0.2, 0.25) is 0 Å². The van der Waals surface area contributed by atoms with Crippen LogP contribution in [0, 0.1) is 25.2 Å². The van der Waals surface area contributed by atoms with Gasteiger partial charge in [0.1, 0.15) is 17.5 Å². The lowest BCUT2D eigenvalue weighted by molar-refractivity contribution is 0.0929. The fourth-order valence-corrected chi connectivity index (χ4v) is 3.20. The second-order valence-electron chi connectivity index (χ2n) is 5.52. The van der Waals surface area contributed by atoms with Crippen molar-refractivity contribution in [3.05, 3.63) is 53.5 Å². The number of hydrogen-bond donors (Lipinski definition) is 1. The van der Waals surface area contributed by atoms with E-state index in [0.29, 0.717) is 5.16 Å². The molecule has 126 valence electrons. The quantitative estimate of drug-likeness (QED) is 0.724. The van der Waals surface area contributed by atoms with Crippen molar-refractivity contribution in [3.63, 3.8) is 0 Å². The number of rotatable bonds is 4. The second kappa shape index (κ2) is 6.83. The van der Waals surface area contributed by atoms with E-state index in [1.54, 1.807) is 6.20 Å². The van der Waals surface area contributed by atoms with Gasteiger partial charge in [-0.3, -0.25) is 9.36 Å². The van der Waals surface area contributed by atoms with E-state index < -0.39 is 0 Å². The summed E-state index contributed by atoms with van der Waals surface area (Å²) < 4.78 is 3.00. The zero-order chi connectivity index (χ0) is 18.0. The summed E-state index contributed by atoms with van der Waals surface area (Å²) in [6, 6.07) is 8.08. The van der Waals surface area contributed by atoms with Crippen LogP contribution in [0.15, 0.2) is 41.9 Å². The van der Waals surface area contributed by atoms with Gasteiger partial charge in [-0.15, -0.1) is 0 Å². The number of anilines is 1. The molecule has 8 heteroatoms. The standard InChI is InChI=1S/C17H16N6OS/c1-11-3-4-12(2)14(7-11)22-6-5-20-17(22)25-10-15(24)23-16(19)13(8-18)9-21-23/h3-7,9H,10,19H2,1-2H3. The van der Waals surface area contributed by atoms with E-state index in [1.807, 2.05) is 30.7 Å². The van der Waals surface area contributed by atoms with Crippen LogP contribution < -0.4 is 5.73 Å². The zero-order valence-corrected chi connectivity index (χ0v) is 14.6. The summed E-state index contributed by atoms with van der Waals surface area (Å²) in [7, 11) is 0. The number of nitrogen functional groups attached to an aromatic ring is 1. The van der Waals surface area contributed by atoms with Gasteiger partial charge in [-0.1, -0.05) is 23.9 Å². The van der Waals surface area contributed by atoms with Crippen LogP contribution in [0.5, 0.6) is 0 Å². The van der Waals surface area contributed by atoms with Gasteiger partial charge in [-0.25, -0.2) is 4.98 Å². The van der Waals surface area contributed by atoms with Gasteiger partial charge in [-0.05, 0) is 31.0 Å². The first-order valence-electron chi connectivity index (χ1n) is 7.52. The number of carbonyl (C=O) groups is 1. The molecule has 7 nitrogen and oxygen atoms in total. The first-order valence-corrected chi connectivity index (χ1v) is 8.50. The maximum atomic E-state index is 12.3. The predicted molar refractivity (Wildman–Crippen MR) is 95.7 cm³/mol. The Hall–Kier alpha value is -3.05. The van der Waals surface area contributed by atoms with Crippen LogP contribution in [-0.2, 0) is 0 Å². The second-order valence-corrected chi connectivity index (χ2v) is 6.46. The molecule has 0 fully saturated rings. The van der Waals surface area contributed by atoms with Crippen molar-refractivity contribution >= 4 is 23.5 Å². The maximum absolute atomic E-state index is 12.3. The maximum Gasteiger partial charge on any atom is 0.259 e. The number of hydrogen-bond acceptors (Lipinski definition) is 6. The number of benzene rings is 1. The third-order valence-corrected chi connectivity index (χ3v) is 4.67. The average Bonchev–Trinajstić information content (AvgIpc) is 3.21. The fourth-order valence-electron chi connectivity index (χ4n) is 2.39. The number of nitriles is 1. The van der Waals surface area contributed by atoms with Crippen LogP contribution in [-0.4, -0.2) is 31.0 Å². The topological polar surface area (TPSA) is 103 Å². The summed E-state index contributed by atoms with van der Waals surface area (Å²) in [4.78, 5) is 16.6. The van der Waals surface area contributed by atoms with Crippen LogP contribution in [0.2, 0.25) is 0 Å². The highest BCUT2D eigenvalue weighted by molar-refractivity contribution is 7.99. The Balaban J connectivity index is 1.80. The van der Waals surface area contributed by atoms with E-state index in [0.717, 1.165) is 21.5 Å². The monoisotopic (exact) mass is 352 g/mol. The highest BCUT2D eigenvalue weighted by Crippen LogP contribution is 2.24. The molecule has 0 saturated carbocycles. The summed E-state index contributed by atoms with van der Waals surface area (Å²) >= 11 is 1.29. The SMILES string of the molecule is Cc1ccc(C)c(-n2ccnc2SCC(=O)n2ncc(C#N)c2N)c1. The Morgan fingerprint density at radius 1 is 1.40 bits per heavy atom. The fraction of sp³-hybridized carbons (Fsp3) is 0.176. The molecule has 1 aromatic carbocycles. The molecule has 0 bridgehead atoms. The third-order valence-electron chi connectivity index (χ3n) is 3.72. The number of carbonyl (C=O) groups excluding carboxylic acids is 1. The molecule has 2 N–H and O–H groups in total. The average molecular weight is 352 g/mol. The van der Waals surface area contributed by atoms with E-state index in [4.69, 9.17) is 11.0 Å². The van der Waals surface area contributed by atoms with E-state index >= 15 is 0 Å². The van der Waals surface area contributed by atoms with Crippen LogP contribution in [0.3, 0.4) is 0 Å². The lowest BCUT2D eigenvalue weighted by Crippen LogP contribution is -2.17. The molecule has 0 unspecified atom stereocenters. The first kappa shape index (κ1) is 16.8. The molecular weight excluding hydrogens is 336 g/mol. The molecule has 3 rings (SSSR count). The number of aromatic nitrogens is 4. The van der Waals surface area contributed by atoms with E-state index in [2.05, 4.69) is 28.3 Å². The normalized spacial score (nSPS) is 10.6. The summed E-state index contributed by atoms with van der Waals surface area (Å²) in [5.41, 5.74) is 9.23. The van der Waals surface area contributed by atoms with Crippen LogP contribution in [0.25, 0.3) is 5.69 Å². The molecule has 2 heterocycles. The molecule has 0 aliphatic carbocycles. The Kier molecular flexibility index (Phi) is 4.59. The molecule has 25 heavy (non-hydrogen) atoms. The van der Waals surface area contributed by atoms with Gasteiger partial charge >= 0.3 is 0 Å². The minimum Gasteiger partial charge on any atom is -0.382 e. The van der Waals surface area contributed by atoms with Crippen LogP contribution >= 0.6 is 11.8 Å². The number of nitrogens with two attached hydrogens (primary N) is 1. The van der Waals surface area contributed by atoms with E-state index in [1.165, 1.54) is 18.0 Å². The van der Waals surface area contributed by atoms with Crippen molar-refractivity contribution in [1.29, 1.82) is 5.26 Å². The smallest absolute Gasteiger partial charge is 0.259 e. The number of nitrogens with zero attached hydrogens (tertiary/aromatic N) is 5. The molecule has 0 aliphatic heterocycles. The number of thioether (sulfide) groups is 1. The summed E-state index contributed by atoms with van der Waals surface area (Å²) in [6.07, 6.45) is 4.85. The lowest BCUT2D eigenvalue weighted by Gasteiger charge is -2.11. The summed E-state index contributed by atoms with van der Waals surface area (Å²) in [5, 5.41) is 13.5. The molecule has 0 spiro atoms. The van der Waals surface area contributed by atoms with Gasteiger partial charge in [0.25, 0.3) is 5.91 Å². The van der Waals surface area contributed by atoms with Crippen LogP contribution in [0.1, 0.15) is 21.5 Å².